The van der Waals surface area contributed by atoms with Gasteiger partial charge in [0.25, 0.3) is 0 Å². The van der Waals surface area contributed by atoms with E-state index in [2.05, 4.69) is 31.7 Å². The first-order valence-electron chi connectivity index (χ1n) is 13.0. The lowest BCUT2D eigenvalue weighted by molar-refractivity contribution is 0.170. The molecule has 0 radical (unpaired) electrons. The molecule has 1 heterocycles. The van der Waals surface area contributed by atoms with Crippen LogP contribution in [0.2, 0.25) is 0 Å². The number of likely N-dealkylation sites (tertiary alicyclic amines) is 1. The molecular weight excluding hydrogens is 398 g/mol. The third-order valence-electron chi connectivity index (χ3n) is 6.63. The van der Waals surface area contributed by atoms with Crippen LogP contribution in [0.4, 0.5) is 0 Å². The second-order valence-corrected chi connectivity index (χ2v) is 9.57. The van der Waals surface area contributed by atoms with E-state index in [-0.39, 0.29) is 5.41 Å². The summed E-state index contributed by atoms with van der Waals surface area (Å²) >= 11 is 0. The molecule has 0 atom stereocenters. The smallest absolute Gasteiger partial charge is 0.161 e. The van der Waals surface area contributed by atoms with Crippen LogP contribution in [0.5, 0.6) is 11.5 Å². The first kappa shape index (κ1) is 28.8. The Labute approximate surface area is 199 Å². The maximum absolute atomic E-state index is 5.89. The van der Waals surface area contributed by atoms with Crippen molar-refractivity contribution in [1.82, 2.24) is 4.90 Å². The Bertz CT molecular complexity index is 590. The van der Waals surface area contributed by atoms with Crippen molar-refractivity contribution in [3.8, 4) is 11.5 Å². The zero-order valence-corrected chi connectivity index (χ0v) is 22.2. The van der Waals surface area contributed by atoms with Gasteiger partial charge in [-0.15, -0.1) is 0 Å². The highest BCUT2D eigenvalue weighted by atomic mass is 16.5. The van der Waals surface area contributed by atoms with Crippen LogP contribution in [0.15, 0.2) is 18.2 Å². The molecule has 1 saturated carbocycles. The second-order valence-electron chi connectivity index (χ2n) is 9.57. The van der Waals surface area contributed by atoms with E-state index in [1.807, 2.05) is 26.0 Å². The highest BCUT2D eigenvalue weighted by Crippen LogP contribution is 2.31. The van der Waals surface area contributed by atoms with E-state index in [4.69, 9.17) is 14.2 Å². The van der Waals surface area contributed by atoms with Gasteiger partial charge in [0.15, 0.2) is 11.5 Å². The summed E-state index contributed by atoms with van der Waals surface area (Å²) in [5.41, 5.74) is 1.38. The fraction of sp³-hybridized carbons (Fsp3) is 0.786. The van der Waals surface area contributed by atoms with Crippen LogP contribution in [0.1, 0.15) is 91.5 Å². The number of hydrogen-bond acceptors (Lipinski definition) is 4. The molecule has 4 nitrogen and oxygen atoms in total. The van der Waals surface area contributed by atoms with Crippen molar-refractivity contribution < 1.29 is 14.2 Å². The third-order valence-corrected chi connectivity index (χ3v) is 6.63. The average Bonchev–Trinajstić information content (AvgIpc) is 3.39. The molecule has 1 aromatic rings. The summed E-state index contributed by atoms with van der Waals surface area (Å²) in [6, 6.07) is 7.05. The highest BCUT2D eigenvalue weighted by Gasteiger charge is 2.23. The molecule has 0 amide bonds. The van der Waals surface area contributed by atoms with Gasteiger partial charge in [-0.05, 0) is 74.7 Å². The third kappa shape index (κ3) is 10.6. The van der Waals surface area contributed by atoms with Gasteiger partial charge in [-0.25, -0.2) is 0 Å². The first-order valence-corrected chi connectivity index (χ1v) is 13.0. The number of benzene rings is 1. The van der Waals surface area contributed by atoms with E-state index in [9.17, 15) is 0 Å². The van der Waals surface area contributed by atoms with Gasteiger partial charge in [0.1, 0.15) is 0 Å². The molecule has 0 N–H and O–H groups in total. The predicted octanol–water partition coefficient (Wildman–Crippen LogP) is 7.14. The van der Waals surface area contributed by atoms with Crippen LogP contribution in [-0.2, 0) is 11.2 Å². The van der Waals surface area contributed by atoms with Crippen LogP contribution in [-0.4, -0.2) is 51.5 Å². The van der Waals surface area contributed by atoms with Crippen LogP contribution in [0.3, 0.4) is 0 Å². The molecule has 0 spiro atoms. The molecular formula is C28H51NO3. The Morgan fingerprint density at radius 2 is 1.59 bits per heavy atom. The number of hydrogen-bond donors (Lipinski definition) is 0. The SMILES string of the molecule is C1CCC(N2CCCC2)CC1.CC.CCC(C)(C)COc1ccc(CCOC)cc1OC. The molecule has 1 saturated heterocycles. The van der Waals surface area contributed by atoms with Crippen molar-refractivity contribution in [2.24, 2.45) is 5.41 Å². The zero-order chi connectivity index (χ0) is 23.8. The van der Waals surface area contributed by atoms with Crippen molar-refractivity contribution in [1.29, 1.82) is 0 Å². The molecule has 186 valence electrons. The zero-order valence-electron chi connectivity index (χ0n) is 22.2. The molecule has 32 heavy (non-hydrogen) atoms. The second kappa shape index (κ2) is 16.4. The summed E-state index contributed by atoms with van der Waals surface area (Å²) in [5.74, 6) is 1.60. The first-order chi connectivity index (χ1) is 15.5. The number of rotatable bonds is 9. The summed E-state index contributed by atoms with van der Waals surface area (Å²) in [4.78, 5) is 2.72. The number of ether oxygens (including phenoxy) is 3. The van der Waals surface area contributed by atoms with Gasteiger partial charge in [0.05, 0.1) is 20.3 Å². The molecule has 0 bridgehead atoms. The Balaban J connectivity index is 0.000000331. The largest absolute Gasteiger partial charge is 0.493 e. The van der Waals surface area contributed by atoms with Gasteiger partial charge in [-0.2, -0.15) is 0 Å². The van der Waals surface area contributed by atoms with Crippen LogP contribution in [0.25, 0.3) is 0 Å². The molecule has 4 heteroatoms. The standard InChI is InChI=1S/C16H26O3.C10H19N.C2H6/c1-6-16(2,3)12-19-14-8-7-13(9-10-17-4)11-15(14)18-5;1-2-6-10(7-3-1)11-8-4-5-9-11;1-2/h7-8,11H,6,9-10,12H2,1-5H3;10H,1-9H2;1-2H3. The van der Waals surface area contributed by atoms with Crippen LogP contribution in [0, 0.1) is 5.41 Å². The summed E-state index contributed by atoms with van der Waals surface area (Å²) in [7, 11) is 3.38. The van der Waals surface area contributed by atoms with E-state index < -0.39 is 0 Å². The highest BCUT2D eigenvalue weighted by molar-refractivity contribution is 5.43. The Morgan fingerprint density at radius 1 is 0.938 bits per heavy atom. The quantitative estimate of drug-likeness (QED) is 0.401. The average molecular weight is 450 g/mol. The summed E-state index contributed by atoms with van der Waals surface area (Å²) in [6.07, 6.45) is 12.3. The summed E-state index contributed by atoms with van der Waals surface area (Å²) < 4.78 is 16.4. The van der Waals surface area contributed by atoms with E-state index in [1.54, 1.807) is 14.2 Å². The number of nitrogens with zero attached hydrogens (tertiary/aromatic N) is 1. The van der Waals surface area contributed by atoms with E-state index in [0.29, 0.717) is 13.2 Å². The maximum Gasteiger partial charge on any atom is 0.161 e. The minimum atomic E-state index is 0.180. The lowest BCUT2D eigenvalue weighted by atomic mass is 9.92. The molecule has 0 unspecified atom stereocenters. The van der Waals surface area contributed by atoms with Gasteiger partial charge in [-0.1, -0.05) is 59.9 Å². The number of methoxy groups -OCH3 is 2. The Kier molecular flexibility index (Phi) is 14.7. The molecule has 1 aromatic carbocycles. The van der Waals surface area contributed by atoms with Crippen molar-refractivity contribution >= 4 is 0 Å². The normalized spacial score (nSPS) is 17.1. The van der Waals surface area contributed by atoms with Crippen LogP contribution >= 0.6 is 0 Å². The lowest BCUT2D eigenvalue weighted by Gasteiger charge is -2.30. The fourth-order valence-electron chi connectivity index (χ4n) is 4.13. The van der Waals surface area contributed by atoms with Crippen molar-refractivity contribution in [2.75, 3.05) is 40.5 Å². The predicted molar refractivity (Wildman–Crippen MR) is 137 cm³/mol. The molecule has 1 aliphatic heterocycles. The summed E-state index contributed by atoms with van der Waals surface area (Å²) in [5, 5.41) is 0. The van der Waals surface area contributed by atoms with Crippen LogP contribution < -0.4 is 9.47 Å². The van der Waals surface area contributed by atoms with Gasteiger partial charge in [-0.3, -0.25) is 0 Å². The monoisotopic (exact) mass is 449 g/mol. The summed E-state index contributed by atoms with van der Waals surface area (Å²) in [6.45, 7) is 14.8. The Morgan fingerprint density at radius 3 is 2.16 bits per heavy atom. The molecule has 3 rings (SSSR count). The maximum atomic E-state index is 5.89. The molecule has 1 aliphatic carbocycles. The molecule has 0 aromatic heterocycles. The lowest BCUT2D eigenvalue weighted by Crippen LogP contribution is -2.34. The van der Waals surface area contributed by atoms with Gasteiger partial charge < -0.3 is 19.1 Å². The Hall–Kier alpha value is -1.26. The van der Waals surface area contributed by atoms with Gasteiger partial charge >= 0.3 is 0 Å². The molecule has 2 aliphatic rings. The minimum Gasteiger partial charge on any atom is -0.493 e. The van der Waals surface area contributed by atoms with E-state index in [1.165, 1.54) is 63.6 Å². The van der Waals surface area contributed by atoms with E-state index >= 15 is 0 Å². The minimum absolute atomic E-state index is 0.180. The van der Waals surface area contributed by atoms with Gasteiger partial charge in [0, 0.05) is 13.2 Å². The topological polar surface area (TPSA) is 30.9 Å². The van der Waals surface area contributed by atoms with Crippen molar-refractivity contribution in [3.05, 3.63) is 23.8 Å². The molecule has 2 fully saturated rings. The van der Waals surface area contributed by atoms with Gasteiger partial charge in [0.2, 0.25) is 0 Å². The van der Waals surface area contributed by atoms with E-state index in [0.717, 1.165) is 30.4 Å². The van der Waals surface area contributed by atoms with Crippen molar-refractivity contribution in [3.63, 3.8) is 0 Å². The van der Waals surface area contributed by atoms with Crippen molar-refractivity contribution in [2.45, 2.75) is 98.4 Å². The fourth-order valence-corrected chi connectivity index (χ4v) is 4.13.